The molecule has 25 heavy (non-hydrogen) atoms. The van der Waals surface area contributed by atoms with E-state index in [1.165, 1.54) is 0 Å². The Morgan fingerprint density at radius 3 is 2.16 bits per heavy atom. The summed E-state index contributed by atoms with van der Waals surface area (Å²) in [5, 5.41) is 23.1. The number of aliphatic hydroxyl groups is 1. The second-order valence-electron chi connectivity index (χ2n) is 6.11. The molecule has 1 aromatic rings. The molecule has 0 spiro atoms. The molecule has 0 saturated heterocycles. The van der Waals surface area contributed by atoms with Crippen LogP contribution in [0.15, 0.2) is 30.3 Å². The number of carboxylic acid groups (broad SMARTS) is 1. The van der Waals surface area contributed by atoms with Gasteiger partial charge in [0.2, 0.25) is 11.8 Å². The highest BCUT2D eigenvalue weighted by atomic mass is 16.4. The van der Waals surface area contributed by atoms with Gasteiger partial charge in [0.05, 0.1) is 12.6 Å². The Bertz CT molecular complexity index is 591. The smallest absolute Gasteiger partial charge is 0.326 e. The van der Waals surface area contributed by atoms with E-state index >= 15 is 0 Å². The number of hydrogen-bond donors (Lipinski definition) is 5. The highest BCUT2D eigenvalue weighted by Crippen LogP contribution is 2.04. The maximum atomic E-state index is 12.1. The van der Waals surface area contributed by atoms with Crippen LogP contribution in [0.25, 0.3) is 0 Å². The lowest BCUT2D eigenvalue weighted by Crippen LogP contribution is -2.56. The number of rotatable bonds is 9. The molecule has 1 rings (SSSR count). The van der Waals surface area contributed by atoms with Crippen LogP contribution >= 0.6 is 0 Å². The molecule has 3 atom stereocenters. The third-order valence-electron chi connectivity index (χ3n) is 3.68. The number of hydrogen-bond acceptors (Lipinski definition) is 5. The molecule has 8 nitrogen and oxygen atoms in total. The lowest BCUT2D eigenvalue weighted by molar-refractivity contribution is -0.143. The number of amides is 2. The minimum absolute atomic E-state index is 0.274. The van der Waals surface area contributed by atoms with Gasteiger partial charge in [-0.1, -0.05) is 44.2 Å². The molecule has 138 valence electrons. The second-order valence-corrected chi connectivity index (χ2v) is 6.11. The largest absolute Gasteiger partial charge is 0.480 e. The molecule has 0 saturated carbocycles. The molecule has 3 unspecified atom stereocenters. The fraction of sp³-hybridized carbons (Fsp3) is 0.471. The van der Waals surface area contributed by atoms with Gasteiger partial charge >= 0.3 is 5.97 Å². The number of carbonyl (C=O) groups is 3. The molecule has 0 radical (unpaired) electrons. The van der Waals surface area contributed by atoms with Gasteiger partial charge in [0.1, 0.15) is 12.1 Å². The van der Waals surface area contributed by atoms with Gasteiger partial charge in [0.25, 0.3) is 0 Å². The van der Waals surface area contributed by atoms with Crippen LogP contribution in [0.2, 0.25) is 0 Å². The third-order valence-corrected chi connectivity index (χ3v) is 3.68. The van der Waals surface area contributed by atoms with Gasteiger partial charge in [-0.05, 0) is 17.9 Å². The van der Waals surface area contributed by atoms with E-state index in [4.69, 9.17) is 10.8 Å². The second kappa shape index (κ2) is 9.75. The van der Waals surface area contributed by atoms with Crippen LogP contribution in [-0.2, 0) is 20.8 Å². The zero-order valence-corrected chi connectivity index (χ0v) is 14.3. The first-order valence-corrected chi connectivity index (χ1v) is 8.00. The van der Waals surface area contributed by atoms with Crippen molar-refractivity contribution in [1.82, 2.24) is 10.6 Å². The van der Waals surface area contributed by atoms with E-state index in [-0.39, 0.29) is 12.3 Å². The molecule has 6 N–H and O–H groups in total. The maximum absolute atomic E-state index is 12.1. The quantitative estimate of drug-likeness (QED) is 0.397. The van der Waals surface area contributed by atoms with E-state index in [9.17, 15) is 19.5 Å². The van der Waals surface area contributed by atoms with E-state index in [2.05, 4.69) is 10.6 Å². The van der Waals surface area contributed by atoms with E-state index in [0.717, 1.165) is 5.56 Å². The van der Waals surface area contributed by atoms with E-state index in [1.54, 1.807) is 13.8 Å². The molecule has 0 aliphatic carbocycles. The highest BCUT2D eigenvalue weighted by molar-refractivity contribution is 5.92. The van der Waals surface area contributed by atoms with Crippen molar-refractivity contribution >= 4 is 17.8 Å². The summed E-state index contributed by atoms with van der Waals surface area (Å²) in [5.74, 6) is -2.91. The Hall–Kier alpha value is -2.45. The molecular formula is C17H25N3O5. The average molecular weight is 351 g/mol. The monoisotopic (exact) mass is 351 g/mol. The molecule has 2 amide bonds. The summed E-state index contributed by atoms with van der Waals surface area (Å²) in [7, 11) is 0. The van der Waals surface area contributed by atoms with Crippen molar-refractivity contribution in [3.63, 3.8) is 0 Å². The molecule has 8 heteroatoms. The summed E-state index contributed by atoms with van der Waals surface area (Å²) >= 11 is 0. The minimum Gasteiger partial charge on any atom is -0.480 e. The summed E-state index contributed by atoms with van der Waals surface area (Å²) < 4.78 is 0. The summed E-state index contributed by atoms with van der Waals surface area (Å²) in [4.78, 5) is 35.4. The van der Waals surface area contributed by atoms with Gasteiger partial charge in [0.15, 0.2) is 0 Å². The predicted octanol–water partition coefficient (Wildman–Crippen LogP) is -0.741. The van der Waals surface area contributed by atoms with Crippen molar-refractivity contribution in [2.24, 2.45) is 11.7 Å². The molecule has 0 bridgehead atoms. The zero-order valence-electron chi connectivity index (χ0n) is 14.3. The Kier molecular flexibility index (Phi) is 8.03. The van der Waals surface area contributed by atoms with Gasteiger partial charge in [-0.2, -0.15) is 0 Å². The molecule has 0 aliphatic rings. The Morgan fingerprint density at radius 2 is 1.68 bits per heavy atom. The van der Waals surface area contributed by atoms with E-state index in [1.807, 2.05) is 30.3 Å². The van der Waals surface area contributed by atoms with Gasteiger partial charge in [0, 0.05) is 0 Å². The van der Waals surface area contributed by atoms with Crippen molar-refractivity contribution in [3.05, 3.63) is 35.9 Å². The fourth-order valence-corrected chi connectivity index (χ4v) is 2.20. The number of benzene rings is 1. The van der Waals surface area contributed by atoms with Gasteiger partial charge in [-0.3, -0.25) is 9.59 Å². The molecule has 0 fully saturated rings. The average Bonchev–Trinajstić information content (AvgIpc) is 2.57. The zero-order chi connectivity index (χ0) is 19.0. The number of carbonyl (C=O) groups excluding carboxylic acids is 2. The van der Waals surface area contributed by atoms with Crippen LogP contribution in [0.3, 0.4) is 0 Å². The van der Waals surface area contributed by atoms with Crippen molar-refractivity contribution in [2.45, 2.75) is 38.4 Å². The van der Waals surface area contributed by atoms with Gasteiger partial charge in [-0.25, -0.2) is 4.79 Å². The molecule has 0 aliphatic heterocycles. The van der Waals surface area contributed by atoms with Crippen LogP contribution in [0.1, 0.15) is 19.4 Å². The lowest BCUT2D eigenvalue weighted by Gasteiger charge is -2.23. The van der Waals surface area contributed by atoms with E-state index < -0.39 is 42.5 Å². The van der Waals surface area contributed by atoms with Crippen LogP contribution in [0.5, 0.6) is 0 Å². The molecule has 1 aromatic carbocycles. The summed E-state index contributed by atoms with van der Waals surface area (Å²) in [6.07, 6.45) is 0.274. The highest BCUT2D eigenvalue weighted by Gasteiger charge is 2.29. The Morgan fingerprint density at radius 1 is 1.08 bits per heavy atom. The first kappa shape index (κ1) is 20.6. The van der Waals surface area contributed by atoms with Crippen molar-refractivity contribution in [1.29, 1.82) is 0 Å². The lowest BCUT2D eigenvalue weighted by atomic mass is 10.0. The van der Waals surface area contributed by atoms with Crippen molar-refractivity contribution in [3.8, 4) is 0 Å². The standard InChI is InChI=1S/C17H25N3O5/c1-10(2)14(17(24)25)20-16(23)13(9-21)19-15(22)12(18)8-11-6-4-3-5-7-11/h3-7,10,12-14,21H,8-9,18H2,1-2H3,(H,19,22)(H,20,23)(H,24,25). The normalized spacial score (nSPS) is 14.4. The van der Waals surface area contributed by atoms with Crippen LogP contribution in [-0.4, -0.2) is 52.7 Å². The summed E-state index contributed by atoms with van der Waals surface area (Å²) in [6.45, 7) is 2.61. The fourth-order valence-electron chi connectivity index (χ4n) is 2.20. The van der Waals surface area contributed by atoms with Gasteiger partial charge in [-0.15, -0.1) is 0 Å². The first-order valence-electron chi connectivity index (χ1n) is 8.00. The number of aliphatic carboxylic acids is 1. The Balaban J connectivity index is 2.65. The molecular weight excluding hydrogens is 326 g/mol. The van der Waals surface area contributed by atoms with Crippen molar-refractivity contribution in [2.75, 3.05) is 6.61 Å². The SMILES string of the molecule is CC(C)C(NC(=O)C(CO)NC(=O)C(N)Cc1ccccc1)C(=O)O. The third kappa shape index (κ3) is 6.52. The summed E-state index contributed by atoms with van der Waals surface area (Å²) in [5.41, 5.74) is 6.69. The number of carboxylic acids is 1. The minimum atomic E-state index is -1.27. The maximum Gasteiger partial charge on any atom is 0.326 e. The van der Waals surface area contributed by atoms with Crippen LogP contribution in [0.4, 0.5) is 0 Å². The number of nitrogens with one attached hydrogen (secondary N) is 2. The van der Waals surface area contributed by atoms with Crippen molar-refractivity contribution < 1.29 is 24.6 Å². The predicted molar refractivity (Wildman–Crippen MR) is 91.5 cm³/mol. The first-order chi connectivity index (χ1) is 11.8. The molecule has 0 heterocycles. The number of nitrogens with two attached hydrogens (primary N) is 1. The van der Waals surface area contributed by atoms with Crippen LogP contribution in [0, 0.1) is 5.92 Å². The number of aliphatic hydroxyl groups excluding tert-OH is 1. The molecule has 0 aromatic heterocycles. The van der Waals surface area contributed by atoms with E-state index in [0.29, 0.717) is 0 Å². The topological polar surface area (TPSA) is 142 Å². The Labute approximate surface area is 146 Å². The van der Waals surface area contributed by atoms with Crippen LogP contribution < -0.4 is 16.4 Å². The summed E-state index contributed by atoms with van der Waals surface area (Å²) in [6, 6.07) is 5.85. The van der Waals surface area contributed by atoms with Gasteiger partial charge < -0.3 is 26.6 Å².